The van der Waals surface area contributed by atoms with Gasteiger partial charge in [-0.25, -0.2) is 13.4 Å². The van der Waals surface area contributed by atoms with Crippen molar-refractivity contribution >= 4 is 9.84 Å². The van der Waals surface area contributed by atoms with Crippen LogP contribution in [0.5, 0.6) is 5.75 Å². The SMILES string of the molecule is COc1cc(C)cc(S(=O)(=O)c2ccccn2)c1. The Morgan fingerprint density at radius 3 is 2.56 bits per heavy atom. The molecule has 94 valence electrons. The van der Waals surface area contributed by atoms with E-state index in [0.717, 1.165) is 5.56 Å². The molecule has 0 spiro atoms. The van der Waals surface area contributed by atoms with Crippen molar-refractivity contribution in [3.05, 3.63) is 48.2 Å². The number of pyridine rings is 1. The zero-order valence-corrected chi connectivity index (χ0v) is 10.9. The molecular formula is C13H13NO3S. The topological polar surface area (TPSA) is 56.3 Å². The Kier molecular flexibility index (Phi) is 3.34. The summed E-state index contributed by atoms with van der Waals surface area (Å²) < 4.78 is 29.8. The second kappa shape index (κ2) is 4.78. The number of aromatic nitrogens is 1. The van der Waals surface area contributed by atoms with Crippen LogP contribution in [0.25, 0.3) is 0 Å². The van der Waals surface area contributed by atoms with Gasteiger partial charge in [-0.1, -0.05) is 6.07 Å². The van der Waals surface area contributed by atoms with E-state index in [1.807, 2.05) is 6.92 Å². The number of benzene rings is 1. The molecule has 1 heterocycles. The van der Waals surface area contributed by atoms with Gasteiger partial charge in [0.05, 0.1) is 12.0 Å². The Morgan fingerprint density at radius 2 is 1.94 bits per heavy atom. The molecule has 0 saturated heterocycles. The van der Waals surface area contributed by atoms with Gasteiger partial charge in [-0.15, -0.1) is 0 Å². The lowest BCUT2D eigenvalue weighted by atomic mass is 10.2. The Balaban J connectivity index is 2.58. The van der Waals surface area contributed by atoms with E-state index in [9.17, 15) is 8.42 Å². The normalized spacial score (nSPS) is 11.2. The maximum absolute atomic E-state index is 12.3. The van der Waals surface area contributed by atoms with Crippen molar-refractivity contribution < 1.29 is 13.2 Å². The summed E-state index contributed by atoms with van der Waals surface area (Å²) in [6.07, 6.45) is 1.46. The van der Waals surface area contributed by atoms with E-state index < -0.39 is 9.84 Å². The van der Waals surface area contributed by atoms with Crippen LogP contribution >= 0.6 is 0 Å². The molecule has 1 aromatic heterocycles. The van der Waals surface area contributed by atoms with Gasteiger partial charge in [0.2, 0.25) is 9.84 Å². The van der Waals surface area contributed by atoms with Crippen molar-refractivity contribution in [2.24, 2.45) is 0 Å². The average molecular weight is 263 g/mol. The van der Waals surface area contributed by atoms with Gasteiger partial charge in [-0.3, -0.25) is 0 Å². The molecule has 18 heavy (non-hydrogen) atoms. The predicted octanol–water partition coefficient (Wildman–Crippen LogP) is 2.23. The molecule has 5 heteroatoms. The Hall–Kier alpha value is -1.88. The van der Waals surface area contributed by atoms with E-state index in [1.165, 1.54) is 25.4 Å². The number of nitrogens with zero attached hydrogens (tertiary/aromatic N) is 1. The highest BCUT2D eigenvalue weighted by molar-refractivity contribution is 7.91. The Labute approximate surface area is 106 Å². The molecule has 0 saturated carbocycles. The highest BCUT2D eigenvalue weighted by Gasteiger charge is 2.19. The first-order valence-electron chi connectivity index (χ1n) is 5.36. The number of ether oxygens (including phenoxy) is 1. The van der Waals surface area contributed by atoms with Crippen molar-refractivity contribution in [3.63, 3.8) is 0 Å². The van der Waals surface area contributed by atoms with E-state index in [2.05, 4.69) is 4.98 Å². The third-order valence-corrected chi connectivity index (χ3v) is 4.13. The highest BCUT2D eigenvalue weighted by Crippen LogP contribution is 2.24. The maximum Gasteiger partial charge on any atom is 0.223 e. The van der Waals surface area contributed by atoms with Crippen LogP contribution in [-0.2, 0) is 9.84 Å². The zero-order valence-electron chi connectivity index (χ0n) is 10.1. The molecule has 0 aliphatic carbocycles. The summed E-state index contributed by atoms with van der Waals surface area (Å²) in [5, 5.41) is 0.0395. The number of aryl methyl sites for hydroxylation is 1. The van der Waals surface area contributed by atoms with Crippen LogP contribution in [-0.4, -0.2) is 20.5 Å². The van der Waals surface area contributed by atoms with Crippen molar-refractivity contribution in [3.8, 4) is 5.75 Å². The van der Waals surface area contributed by atoms with Gasteiger partial charge in [-0.05, 0) is 42.8 Å². The number of rotatable bonds is 3. The number of sulfone groups is 1. The summed E-state index contributed by atoms with van der Waals surface area (Å²) in [4.78, 5) is 4.08. The van der Waals surface area contributed by atoms with Crippen LogP contribution in [0.3, 0.4) is 0 Å². The molecule has 0 unspecified atom stereocenters. The van der Waals surface area contributed by atoms with E-state index in [-0.39, 0.29) is 9.92 Å². The monoisotopic (exact) mass is 263 g/mol. The zero-order chi connectivity index (χ0) is 13.2. The fourth-order valence-electron chi connectivity index (χ4n) is 1.61. The van der Waals surface area contributed by atoms with Crippen LogP contribution in [0.15, 0.2) is 52.5 Å². The predicted molar refractivity (Wildman–Crippen MR) is 67.4 cm³/mol. The minimum Gasteiger partial charge on any atom is -0.497 e. The van der Waals surface area contributed by atoms with Crippen LogP contribution < -0.4 is 4.74 Å². The van der Waals surface area contributed by atoms with E-state index in [4.69, 9.17) is 4.74 Å². The van der Waals surface area contributed by atoms with Gasteiger partial charge in [0.15, 0.2) is 5.03 Å². The fourth-order valence-corrected chi connectivity index (χ4v) is 2.92. The summed E-state index contributed by atoms with van der Waals surface area (Å²) >= 11 is 0. The molecule has 0 atom stereocenters. The lowest BCUT2D eigenvalue weighted by Gasteiger charge is -2.07. The van der Waals surface area contributed by atoms with Gasteiger partial charge >= 0.3 is 0 Å². The van der Waals surface area contributed by atoms with Gasteiger partial charge in [0, 0.05) is 6.20 Å². The molecule has 0 amide bonds. The summed E-state index contributed by atoms with van der Waals surface area (Å²) in [5.41, 5.74) is 0.823. The third-order valence-electron chi connectivity index (χ3n) is 2.48. The summed E-state index contributed by atoms with van der Waals surface area (Å²) in [6, 6.07) is 9.67. The number of methoxy groups -OCH3 is 1. The van der Waals surface area contributed by atoms with Crippen LogP contribution in [0.1, 0.15) is 5.56 Å². The quantitative estimate of drug-likeness (QED) is 0.852. The second-order valence-corrected chi connectivity index (χ2v) is 5.75. The first kappa shape index (κ1) is 12.6. The van der Waals surface area contributed by atoms with Crippen molar-refractivity contribution in [1.82, 2.24) is 4.98 Å². The van der Waals surface area contributed by atoms with E-state index >= 15 is 0 Å². The Morgan fingerprint density at radius 1 is 1.17 bits per heavy atom. The van der Waals surface area contributed by atoms with E-state index in [0.29, 0.717) is 5.75 Å². The number of hydrogen-bond acceptors (Lipinski definition) is 4. The van der Waals surface area contributed by atoms with Gasteiger partial charge in [0.25, 0.3) is 0 Å². The molecular weight excluding hydrogens is 250 g/mol. The van der Waals surface area contributed by atoms with Crippen molar-refractivity contribution in [2.75, 3.05) is 7.11 Å². The summed E-state index contributed by atoms with van der Waals surface area (Å²) in [5.74, 6) is 0.518. The van der Waals surface area contributed by atoms with Gasteiger partial charge < -0.3 is 4.74 Å². The first-order chi connectivity index (χ1) is 8.54. The molecule has 4 nitrogen and oxygen atoms in total. The first-order valence-corrected chi connectivity index (χ1v) is 6.84. The molecule has 0 radical (unpaired) electrons. The molecule has 0 N–H and O–H groups in total. The molecule has 2 aromatic rings. The minimum absolute atomic E-state index is 0.0395. The maximum atomic E-state index is 12.3. The molecule has 1 aromatic carbocycles. The largest absolute Gasteiger partial charge is 0.497 e. The summed E-state index contributed by atoms with van der Waals surface area (Å²) in [7, 11) is -2.08. The second-order valence-electron chi connectivity index (χ2n) is 3.86. The van der Waals surface area contributed by atoms with Crippen LogP contribution in [0, 0.1) is 6.92 Å². The average Bonchev–Trinajstić information content (AvgIpc) is 2.39. The lowest BCUT2D eigenvalue weighted by molar-refractivity contribution is 0.413. The van der Waals surface area contributed by atoms with Gasteiger partial charge in [0.1, 0.15) is 5.75 Å². The smallest absolute Gasteiger partial charge is 0.223 e. The van der Waals surface area contributed by atoms with Crippen molar-refractivity contribution in [2.45, 2.75) is 16.8 Å². The molecule has 2 rings (SSSR count). The fraction of sp³-hybridized carbons (Fsp3) is 0.154. The van der Waals surface area contributed by atoms with Crippen LogP contribution in [0.4, 0.5) is 0 Å². The Bertz CT molecular complexity index is 651. The molecule has 0 aliphatic rings. The number of hydrogen-bond donors (Lipinski definition) is 0. The third kappa shape index (κ3) is 2.36. The standard InChI is InChI=1S/C13H13NO3S/c1-10-7-11(17-2)9-12(8-10)18(15,16)13-5-3-4-6-14-13/h3-9H,1-2H3. The van der Waals surface area contributed by atoms with Gasteiger partial charge in [-0.2, -0.15) is 0 Å². The lowest BCUT2D eigenvalue weighted by Crippen LogP contribution is -2.04. The van der Waals surface area contributed by atoms with E-state index in [1.54, 1.807) is 24.3 Å². The summed E-state index contributed by atoms with van der Waals surface area (Å²) in [6.45, 7) is 1.82. The highest BCUT2D eigenvalue weighted by atomic mass is 32.2. The molecule has 0 fully saturated rings. The molecule has 0 aliphatic heterocycles. The molecule has 0 bridgehead atoms. The minimum atomic E-state index is -3.59. The van der Waals surface area contributed by atoms with Crippen LogP contribution in [0.2, 0.25) is 0 Å². The van der Waals surface area contributed by atoms with Crippen molar-refractivity contribution in [1.29, 1.82) is 0 Å².